The molecule has 2 aromatic carbocycles. The molecule has 0 unspecified atom stereocenters. The normalized spacial score (nSPS) is 10.7. The van der Waals surface area contributed by atoms with Gasteiger partial charge >= 0.3 is 0 Å². The van der Waals surface area contributed by atoms with Crippen LogP contribution in [0, 0.1) is 0 Å². The van der Waals surface area contributed by atoms with Gasteiger partial charge in [-0.05, 0) is 42.0 Å². The monoisotopic (exact) mass is 378 g/mol. The van der Waals surface area contributed by atoms with Crippen LogP contribution >= 0.6 is 34.8 Å². The Morgan fingerprint density at radius 1 is 0.958 bits per heavy atom. The Labute approximate surface area is 154 Å². The van der Waals surface area contributed by atoms with Crippen molar-refractivity contribution >= 4 is 52.0 Å². The van der Waals surface area contributed by atoms with Crippen molar-refractivity contribution in [1.82, 2.24) is 9.97 Å². The molecule has 1 heterocycles. The van der Waals surface area contributed by atoms with Crippen LogP contribution in [0.4, 0.5) is 17.2 Å². The Kier molecular flexibility index (Phi) is 5.21. The summed E-state index contributed by atoms with van der Waals surface area (Å²) in [7, 11) is 0. The SMILES string of the molecule is NCc1ccc(N(c2ccncn2)c2ccc(Cl)cc2Cl)cc1Cl. The third kappa shape index (κ3) is 3.47. The van der Waals surface area contributed by atoms with E-state index < -0.39 is 0 Å². The standard InChI is InChI=1S/C17H13Cl3N4/c18-12-2-4-16(15(20)7-12)24(17-5-6-22-10-23-17)13-3-1-11(9-21)14(19)8-13/h1-8,10H,9,21H2. The number of benzene rings is 2. The smallest absolute Gasteiger partial charge is 0.140 e. The maximum Gasteiger partial charge on any atom is 0.140 e. The van der Waals surface area contributed by atoms with Gasteiger partial charge in [0.25, 0.3) is 0 Å². The van der Waals surface area contributed by atoms with E-state index in [1.807, 2.05) is 29.2 Å². The first-order valence-electron chi connectivity index (χ1n) is 7.10. The predicted molar refractivity (Wildman–Crippen MR) is 99.6 cm³/mol. The van der Waals surface area contributed by atoms with Crippen molar-refractivity contribution < 1.29 is 0 Å². The van der Waals surface area contributed by atoms with Crippen LogP contribution < -0.4 is 10.6 Å². The summed E-state index contributed by atoms with van der Waals surface area (Å²) < 4.78 is 0. The van der Waals surface area contributed by atoms with Crippen molar-refractivity contribution in [3.8, 4) is 0 Å². The minimum absolute atomic E-state index is 0.369. The van der Waals surface area contributed by atoms with Crippen LogP contribution in [-0.2, 0) is 6.54 Å². The average Bonchev–Trinajstić information content (AvgIpc) is 2.58. The lowest BCUT2D eigenvalue weighted by atomic mass is 10.1. The van der Waals surface area contributed by atoms with Gasteiger partial charge in [0, 0.05) is 28.5 Å². The Morgan fingerprint density at radius 3 is 2.42 bits per heavy atom. The van der Waals surface area contributed by atoms with Gasteiger partial charge in [-0.3, -0.25) is 4.90 Å². The largest absolute Gasteiger partial charge is 0.326 e. The summed E-state index contributed by atoms with van der Waals surface area (Å²) in [5, 5.41) is 1.64. The molecule has 3 aromatic rings. The molecule has 0 atom stereocenters. The van der Waals surface area contributed by atoms with Crippen molar-refractivity contribution in [2.75, 3.05) is 4.90 Å². The van der Waals surface area contributed by atoms with Crippen LogP contribution in [0.15, 0.2) is 55.0 Å². The molecule has 3 rings (SSSR count). The Morgan fingerprint density at radius 2 is 1.79 bits per heavy atom. The lowest BCUT2D eigenvalue weighted by Crippen LogP contribution is -2.12. The number of hydrogen-bond donors (Lipinski definition) is 1. The summed E-state index contributed by atoms with van der Waals surface area (Å²) in [4.78, 5) is 10.2. The van der Waals surface area contributed by atoms with Gasteiger partial charge in [0.2, 0.25) is 0 Å². The first-order chi connectivity index (χ1) is 11.6. The molecule has 4 nitrogen and oxygen atoms in total. The highest BCUT2D eigenvalue weighted by molar-refractivity contribution is 6.36. The fraction of sp³-hybridized carbons (Fsp3) is 0.0588. The zero-order valence-electron chi connectivity index (χ0n) is 12.5. The van der Waals surface area contributed by atoms with Crippen molar-refractivity contribution in [2.24, 2.45) is 5.73 Å². The topological polar surface area (TPSA) is 55.0 Å². The zero-order chi connectivity index (χ0) is 17.1. The number of anilines is 3. The fourth-order valence-corrected chi connectivity index (χ4v) is 3.06. The summed E-state index contributed by atoms with van der Waals surface area (Å²) in [5.41, 5.74) is 8.09. The van der Waals surface area contributed by atoms with E-state index in [0.29, 0.717) is 27.4 Å². The molecule has 0 saturated heterocycles. The number of nitrogens with zero attached hydrogens (tertiary/aromatic N) is 3. The van der Waals surface area contributed by atoms with E-state index >= 15 is 0 Å². The maximum absolute atomic E-state index is 6.40. The van der Waals surface area contributed by atoms with Crippen LogP contribution in [0.25, 0.3) is 0 Å². The molecule has 0 aliphatic rings. The van der Waals surface area contributed by atoms with Gasteiger partial charge in [0.1, 0.15) is 12.1 Å². The summed E-state index contributed by atoms with van der Waals surface area (Å²) in [5.74, 6) is 0.658. The second-order valence-corrected chi connectivity index (χ2v) is 6.23. The van der Waals surface area contributed by atoms with E-state index in [-0.39, 0.29) is 0 Å². The van der Waals surface area contributed by atoms with Crippen LogP contribution in [0.5, 0.6) is 0 Å². The molecule has 0 amide bonds. The highest BCUT2D eigenvalue weighted by atomic mass is 35.5. The lowest BCUT2D eigenvalue weighted by molar-refractivity contribution is 1.07. The van der Waals surface area contributed by atoms with Crippen molar-refractivity contribution in [3.63, 3.8) is 0 Å². The van der Waals surface area contributed by atoms with Crippen LogP contribution in [0.3, 0.4) is 0 Å². The third-order valence-electron chi connectivity index (χ3n) is 3.46. The second kappa shape index (κ2) is 7.36. The summed E-state index contributed by atoms with van der Waals surface area (Å²) in [6, 6.07) is 12.7. The molecule has 0 radical (unpaired) electrons. The molecule has 0 aliphatic heterocycles. The first-order valence-corrected chi connectivity index (χ1v) is 8.23. The van der Waals surface area contributed by atoms with E-state index in [0.717, 1.165) is 16.9 Å². The number of aromatic nitrogens is 2. The number of hydrogen-bond acceptors (Lipinski definition) is 4. The van der Waals surface area contributed by atoms with Crippen LogP contribution in [0.1, 0.15) is 5.56 Å². The highest BCUT2D eigenvalue weighted by Crippen LogP contribution is 2.39. The van der Waals surface area contributed by atoms with E-state index in [2.05, 4.69) is 9.97 Å². The molecule has 24 heavy (non-hydrogen) atoms. The van der Waals surface area contributed by atoms with E-state index in [9.17, 15) is 0 Å². The Balaban J connectivity index is 2.17. The molecule has 7 heteroatoms. The van der Waals surface area contributed by atoms with Gasteiger partial charge < -0.3 is 5.73 Å². The van der Waals surface area contributed by atoms with Gasteiger partial charge in [-0.1, -0.05) is 40.9 Å². The predicted octanol–water partition coefficient (Wildman–Crippen LogP) is 5.37. The Bertz CT molecular complexity index is 856. The first kappa shape index (κ1) is 17.0. The van der Waals surface area contributed by atoms with Crippen molar-refractivity contribution in [1.29, 1.82) is 0 Å². The number of rotatable bonds is 4. The molecule has 0 bridgehead atoms. The maximum atomic E-state index is 6.40. The third-order valence-corrected chi connectivity index (χ3v) is 4.35. The van der Waals surface area contributed by atoms with Crippen molar-refractivity contribution in [3.05, 3.63) is 75.6 Å². The Hall–Kier alpha value is -1.85. The van der Waals surface area contributed by atoms with E-state index in [4.69, 9.17) is 40.5 Å². The molecule has 0 spiro atoms. The number of halogens is 3. The summed E-state index contributed by atoms with van der Waals surface area (Å²) in [6.07, 6.45) is 3.14. The molecular weight excluding hydrogens is 367 g/mol. The molecule has 1 aromatic heterocycles. The number of nitrogens with two attached hydrogens (primary N) is 1. The van der Waals surface area contributed by atoms with Gasteiger partial charge in [-0.2, -0.15) is 0 Å². The van der Waals surface area contributed by atoms with E-state index in [1.54, 1.807) is 24.4 Å². The summed E-state index contributed by atoms with van der Waals surface area (Å²) >= 11 is 18.7. The molecular formula is C17H13Cl3N4. The highest BCUT2D eigenvalue weighted by Gasteiger charge is 2.17. The van der Waals surface area contributed by atoms with Gasteiger partial charge in [-0.25, -0.2) is 9.97 Å². The molecule has 0 fully saturated rings. The van der Waals surface area contributed by atoms with Gasteiger partial charge in [0.15, 0.2) is 0 Å². The second-order valence-electron chi connectivity index (χ2n) is 4.98. The van der Waals surface area contributed by atoms with Crippen LogP contribution in [-0.4, -0.2) is 9.97 Å². The minimum atomic E-state index is 0.369. The molecule has 2 N–H and O–H groups in total. The van der Waals surface area contributed by atoms with Gasteiger partial charge in [0.05, 0.1) is 10.7 Å². The van der Waals surface area contributed by atoms with Crippen molar-refractivity contribution in [2.45, 2.75) is 6.54 Å². The summed E-state index contributed by atoms with van der Waals surface area (Å²) in [6.45, 7) is 0.369. The van der Waals surface area contributed by atoms with Crippen LogP contribution in [0.2, 0.25) is 15.1 Å². The van der Waals surface area contributed by atoms with E-state index in [1.165, 1.54) is 6.33 Å². The quantitative estimate of drug-likeness (QED) is 0.662. The zero-order valence-corrected chi connectivity index (χ0v) is 14.7. The fourth-order valence-electron chi connectivity index (χ4n) is 2.31. The molecule has 0 saturated carbocycles. The molecule has 122 valence electrons. The van der Waals surface area contributed by atoms with Gasteiger partial charge in [-0.15, -0.1) is 0 Å². The average molecular weight is 380 g/mol. The molecule has 0 aliphatic carbocycles. The lowest BCUT2D eigenvalue weighted by Gasteiger charge is -2.25. The minimum Gasteiger partial charge on any atom is -0.326 e.